The molecule has 1 aromatic heterocycles. The third kappa shape index (κ3) is 7.94. The first-order valence-electron chi connectivity index (χ1n) is 11.9. The van der Waals surface area contributed by atoms with Gasteiger partial charge < -0.3 is 16.0 Å². The van der Waals surface area contributed by atoms with Crippen LogP contribution >= 0.6 is 0 Å². The maximum atomic E-state index is 12.5. The van der Waals surface area contributed by atoms with Crippen LogP contribution in [0.3, 0.4) is 0 Å². The van der Waals surface area contributed by atoms with Crippen molar-refractivity contribution >= 4 is 34.1 Å². The molecule has 0 spiro atoms. The van der Waals surface area contributed by atoms with Gasteiger partial charge >= 0.3 is 0 Å². The van der Waals surface area contributed by atoms with Crippen LogP contribution < -0.4 is 16.0 Å². The first kappa shape index (κ1) is 26.4. The first-order valence-corrected chi connectivity index (χ1v) is 11.9. The number of rotatable bonds is 6. The minimum atomic E-state index is -0.379. The minimum absolute atomic E-state index is 0.129. The van der Waals surface area contributed by atoms with Gasteiger partial charge in [0.2, 0.25) is 5.91 Å². The van der Waals surface area contributed by atoms with E-state index in [0.717, 1.165) is 29.6 Å². The molecule has 0 aliphatic carbocycles. The van der Waals surface area contributed by atoms with Crippen LogP contribution in [0.4, 0.5) is 11.4 Å². The Kier molecular flexibility index (Phi) is 8.79. The molecule has 0 saturated carbocycles. The van der Waals surface area contributed by atoms with Gasteiger partial charge in [0.1, 0.15) is 0 Å². The van der Waals surface area contributed by atoms with E-state index >= 15 is 0 Å². The number of nitrogens with zero attached hydrogens (tertiary/aromatic N) is 2. The quantitative estimate of drug-likeness (QED) is 0.345. The van der Waals surface area contributed by atoms with Crippen molar-refractivity contribution in [3.8, 4) is 0 Å². The van der Waals surface area contributed by atoms with E-state index in [1.54, 1.807) is 30.5 Å². The maximum Gasteiger partial charge on any atom is 0.255 e. The molecule has 0 bridgehead atoms. The molecule has 2 amide bonds. The number of nitrogens with one attached hydrogen (secondary N) is 1. The number of carbonyl (C=O) groups is 2. The van der Waals surface area contributed by atoms with Crippen LogP contribution in [0.25, 0.3) is 10.9 Å². The monoisotopic (exact) mass is 482 g/mol. The number of para-hydroxylation sites is 1. The molecule has 0 aliphatic rings. The van der Waals surface area contributed by atoms with Crippen LogP contribution in [0, 0.1) is 5.41 Å². The van der Waals surface area contributed by atoms with E-state index in [4.69, 9.17) is 5.73 Å². The molecule has 3 N–H and O–H groups in total. The Labute approximate surface area is 213 Å². The number of aromatic nitrogens is 1. The molecule has 6 heteroatoms. The highest BCUT2D eigenvalue weighted by atomic mass is 16.2. The summed E-state index contributed by atoms with van der Waals surface area (Å²) in [5.41, 5.74) is 9.20. The highest BCUT2D eigenvalue weighted by Crippen LogP contribution is 2.22. The summed E-state index contributed by atoms with van der Waals surface area (Å²) in [6.45, 7) is 7.72. The second-order valence-electron chi connectivity index (χ2n) is 9.88. The van der Waals surface area contributed by atoms with Crippen LogP contribution in [-0.4, -0.2) is 30.4 Å². The number of carbonyl (C=O) groups excluding carboxylic acids is 2. The SMILES string of the molecule is CN(CCC(C)(C)C)c1ccc(C(=O)Nc2cnc3ccccc3c2)cc1.NC(=O)c1ccccc1. The van der Waals surface area contributed by atoms with Gasteiger partial charge in [0.15, 0.2) is 0 Å². The number of benzene rings is 3. The van der Waals surface area contributed by atoms with E-state index in [-0.39, 0.29) is 11.8 Å². The Morgan fingerprint density at radius 1 is 0.889 bits per heavy atom. The standard InChI is InChI=1S/C23H27N3O.C7H7NO/c1-23(2,3)13-14-26(4)20-11-9-17(10-12-20)22(27)25-19-15-18-7-5-6-8-21(18)24-16-19;8-7(9)6-4-2-1-3-5-6/h5-12,15-16H,13-14H2,1-4H3,(H,25,27);1-5H,(H2,8,9). The van der Waals surface area contributed by atoms with Crippen LogP contribution in [0.2, 0.25) is 0 Å². The van der Waals surface area contributed by atoms with Crippen LogP contribution in [-0.2, 0) is 0 Å². The van der Waals surface area contributed by atoms with Gasteiger partial charge in [-0.15, -0.1) is 0 Å². The summed E-state index contributed by atoms with van der Waals surface area (Å²) >= 11 is 0. The summed E-state index contributed by atoms with van der Waals surface area (Å²) in [4.78, 5) is 29.6. The maximum absolute atomic E-state index is 12.5. The van der Waals surface area contributed by atoms with Crippen molar-refractivity contribution in [1.29, 1.82) is 0 Å². The molecule has 0 aliphatic heterocycles. The van der Waals surface area contributed by atoms with E-state index in [1.165, 1.54) is 0 Å². The Morgan fingerprint density at radius 3 is 2.14 bits per heavy atom. The summed E-state index contributed by atoms with van der Waals surface area (Å²) in [5.74, 6) is -0.508. The van der Waals surface area contributed by atoms with Gasteiger partial charge in [-0.2, -0.15) is 0 Å². The second kappa shape index (κ2) is 12.0. The first-order chi connectivity index (χ1) is 17.1. The third-order valence-electron chi connectivity index (χ3n) is 5.67. The predicted octanol–water partition coefficient (Wildman–Crippen LogP) is 6.15. The van der Waals surface area contributed by atoms with Crippen molar-refractivity contribution < 1.29 is 9.59 Å². The van der Waals surface area contributed by atoms with Crippen LogP contribution in [0.15, 0.2) is 91.1 Å². The zero-order valence-corrected chi connectivity index (χ0v) is 21.4. The number of primary amides is 1. The third-order valence-corrected chi connectivity index (χ3v) is 5.67. The van der Waals surface area contributed by atoms with Crippen LogP contribution in [0.1, 0.15) is 47.9 Å². The number of pyridine rings is 1. The van der Waals surface area contributed by atoms with Gasteiger partial charge in [-0.25, -0.2) is 0 Å². The zero-order chi connectivity index (χ0) is 26.1. The molecular formula is C30H34N4O2. The zero-order valence-electron chi connectivity index (χ0n) is 21.4. The minimum Gasteiger partial charge on any atom is -0.375 e. The predicted molar refractivity (Wildman–Crippen MR) is 148 cm³/mol. The number of anilines is 2. The number of hydrogen-bond donors (Lipinski definition) is 2. The van der Waals surface area contributed by atoms with E-state index < -0.39 is 0 Å². The van der Waals surface area contributed by atoms with E-state index in [9.17, 15) is 9.59 Å². The van der Waals surface area contributed by atoms with Gasteiger partial charge in [-0.05, 0) is 60.4 Å². The van der Waals surface area contributed by atoms with Crippen molar-refractivity contribution in [2.45, 2.75) is 27.2 Å². The Hall–Kier alpha value is -4.19. The number of amides is 2. The fraction of sp³-hybridized carbons (Fsp3) is 0.233. The van der Waals surface area contributed by atoms with Crippen LogP contribution in [0.5, 0.6) is 0 Å². The lowest BCUT2D eigenvalue weighted by atomic mass is 9.92. The molecule has 0 saturated heterocycles. The molecule has 6 nitrogen and oxygen atoms in total. The average Bonchev–Trinajstić information content (AvgIpc) is 2.87. The molecule has 4 aromatic rings. The average molecular weight is 483 g/mol. The molecule has 4 rings (SSSR count). The fourth-order valence-electron chi connectivity index (χ4n) is 3.44. The number of fused-ring (bicyclic) bond motifs is 1. The lowest BCUT2D eigenvalue weighted by Gasteiger charge is -2.25. The molecule has 0 radical (unpaired) electrons. The van der Waals surface area contributed by atoms with Crippen molar-refractivity contribution in [3.05, 3.63) is 102 Å². The largest absolute Gasteiger partial charge is 0.375 e. The molecular weight excluding hydrogens is 448 g/mol. The lowest BCUT2D eigenvalue weighted by molar-refractivity contribution is 0.0997. The molecule has 186 valence electrons. The van der Waals surface area contributed by atoms with Crippen molar-refractivity contribution in [1.82, 2.24) is 4.98 Å². The van der Waals surface area contributed by atoms with Gasteiger partial charge in [0, 0.05) is 35.8 Å². The van der Waals surface area contributed by atoms with E-state index in [0.29, 0.717) is 22.2 Å². The Bertz CT molecular complexity index is 1300. The molecule has 0 atom stereocenters. The second-order valence-corrected chi connectivity index (χ2v) is 9.88. The summed E-state index contributed by atoms with van der Waals surface area (Å²) < 4.78 is 0. The van der Waals surface area contributed by atoms with Gasteiger partial charge in [-0.3, -0.25) is 14.6 Å². The number of hydrogen-bond acceptors (Lipinski definition) is 4. The topological polar surface area (TPSA) is 88.3 Å². The normalized spacial score (nSPS) is 10.8. The smallest absolute Gasteiger partial charge is 0.255 e. The molecule has 0 fully saturated rings. The molecule has 36 heavy (non-hydrogen) atoms. The number of nitrogens with two attached hydrogens (primary N) is 1. The highest BCUT2D eigenvalue weighted by molar-refractivity contribution is 6.05. The van der Waals surface area contributed by atoms with Gasteiger partial charge in [0.25, 0.3) is 5.91 Å². The summed E-state index contributed by atoms with van der Waals surface area (Å²) in [5, 5.41) is 3.93. The molecule has 0 unspecified atom stereocenters. The molecule has 3 aromatic carbocycles. The molecule has 1 heterocycles. The van der Waals surface area contributed by atoms with Crippen molar-refractivity contribution in [2.24, 2.45) is 11.1 Å². The van der Waals surface area contributed by atoms with E-state index in [1.807, 2.05) is 60.7 Å². The fourth-order valence-corrected chi connectivity index (χ4v) is 3.44. The lowest BCUT2D eigenvalue weighted by Crippen LogP contribution is -2.23. The summed E-state index contributed by atoms with van der Waals surface area (Å²) in [6, 6.07) is 26.3. The highest BCUT2D eigenvalue weighted by Gasteiger charge is 2.12. The Morgan fingerprint density at radius 2 is 1.53 bits per heavy atom. The van der Waals surface area contributed by atoms with E-state index in [2.05, 4.69) is 43.0 Å². The summed E-state index contributed by atoms with van der Waals surface area (Å²) in [7, 11) is 2.08. The van der Waals surface area contributed by atoms with Gasteiger partial charge in [0.05, 0.1) is 17.4 Å². The van der Waals surface area contributed by atoms with Crippen molar-refractivity contribution in [2.75, 3.05) is 23.8 Å². The Balaban J connectivity index is 0.000000338. The summed E-state index contributed by atoms with van der Waals surface area (Å²) in [6.07, 6.45) is 2.80. The van der Waals surface area contributed by atoms with Gasteiger partial charge in [-0.1, -0.05) is 57.2 Å². The van der Waals surface area contributed by atoms with Crippen molar-refractivity contribution in [3.63, 3.8) is 0 Å².